The van der Waals surface area contributed by atoms with Gasteiger partial charge in [-0.15, -0.1) is 0 Å². The molecule has 4 nitrogen and oxygen atoms in total. The van der Waals surface area contributed by atoms with E-state index in [0.29, 0.717) is 17.1 Å². The molecule has 82 valence electrons. The maximum atomic E-state index is 13.4. The fraction of sp³-hybridized carbons (Fsp3) is 0.0909. The van der Waals surface area contributed by atoms with Crippen LogP contribution in [0.15, 0.2) is 30.6 Å². The second kappa shape index (κ2) is 4.14. The standard InChI is InChI=1S/C11H10FN3O/c1-16-10-3-2-7(4-8(10)12)9-5-11(13)15-6-14-9/h2-6H,1H3,(H2,13,14,15). The summed E-state index contributed by atoms with van der Waals surface area (Å²) in [6, 6.07) is 6.19. The zero-order valence-electron chi connectivity index (χ0n) is 8.64. The molecule has 0 saturated carbocycles. The van der Waals surface area contributed by atoms with Crippen molar-refractivity contribution in [2.45, 2.75) is 0 Å². The predicted molar refractivity (Wildman–Crippen MR) is 58.4 cm³/mol. The summed E-state index contributed by atoms with van der Waals surface area (Å²) in [6.07, 6.45) is 1.34. The van der Waals surface area contributed by atoms with Crippen LogP contribution in [-0.2, 0) is 0 Å². The summed E-state index contributed by atoms with van der Waals surface area (Å²) in [7, 11) is 1.42. The van der Waals surface area contributed by atoms with E-state index in [1.807, 2.05) is 0 Å². The van der Waals surface area contributed by atoms with Gasteiger partial charge in [0.05, 0.1) is 12.8 Å². The molecule has 1 heterocycles. The highest BCUT2D eigenvalue weighted by Crippen LogP contribution is 2.24. The van der Waals surface area contributed by atoms with Crippen molar-refractivity contribution in [2.24, 2.45) is 0 Å². The molecule has 0 radical (unpaired) electrons. The van der Waals surface area contributed by atoms with E-state index in [-0.39, 0.29) is 5.75 Å². The van der Waals surface area contributed by atoms with E-state index >= 15 is 0 Å². The number of nitrogens with zero attached hydrogens (tertiary/aromatic N) is 2. The summed E-state index contributed by atoms with van der Waals surface area (Å²) >= 11 is 0. The smallest absolute Gasteiger partial charge is 0.165 e. The third-order valence-corrected chi connectivity index (χ3v) is 2.14. The van der Waals surface area contributed by atoms with Gasteiger partial charge in [0.25, 0.3) is 0 Å². The molecule has 16 heavy (non-hydrogen) atoms. The molecule has 0 fully saturated rings. The van der Waals surface area contributed by atoms with E-state index in [1.54, 1.807) is 18.2 Å². The van der Waals surface area contributed by atoms with Crippen molar-refractivity contribution in [1.29, 1.82) is 0 Å². The Balaban J connectivity index is 2.45. The highest BCUT2D eigenvalue weighted by Gasteiger charge is 2.06. The fourth-order valence-electron chi connectivity index (χ4n) is 1.36. The monoisotopic (exact) mass is 219 g/mol. The van der Waals surface area contributed by atoms with E-state index in [0.717, 1.165) is 0 Å². The average molecular weight is 219 g/mol. The van der Waals surface area contributed by atoms with Crippen molar-refractivity contribution in [3.63, 3.8) is 0 Å². The van der Waals surface area contributed by atoms with Crippen LogP contribution in [0.3, 0.4) is 0 Å². The Morgan fingerprint density at radius 2 is 2.06 bits per heavy atom. The first-order chi connectivity index (χ1) is 7.70. The summed E-state index contributed by atoms with van der Waals surface area (Å²) in [5, 5.41) is 0. The zero-order chi connectivity index (χ0) is 11.5. The lowest BCUT2D eigenvalue weighted by Crippen LogP contribution is -1.94. The van der Waals surface area contributed by atoms with Gasteiger partial charge in [-0.2, -0.15) is 0 Å². The SMILES string of the molecule is COc1ccc(-c2cc(N)ncn2)cc1F. The van der Waals surface area contributed by atoms with Crippen molar-refractivity contribution in [2.75, 3.05) is 12.8 Å². The van der Waals surface area contributed by atoms with Crippen LogP contribution in [0.25, 0.3) is 11.3 Å². The van der Waals surface area contributed by atoms with Gasteiger partial charge < -0.3 is 10.5 Å². The van der Waals surface area contributed by atoms with Crippen molar-refractivity contribution >= 4 is 5.82 Å². The van der Waals surface area contributed by atoms with E-state index in [9.17, 15) is 4.39 Å². The highest BCUT2D eigenvalue weighted by atomic mass is 19.1. The minimum Gasteiger partial charge on any atom is -0.494 e. The van der Waals surface area contributed by atoms with E-state index in [1.165, 1.54) is 19.5 Å². The van der Waals surface area contributed by atoms with Crippen LogP contribution in [0.2, 0.25) is 0 Å². The number of benzene rings is 1. The van der Waals surface area contributed by atoms with Gasteiger partial charge in [-0.3, -0.25) is 0 Å². The first-order valence-electron chi connectivity index (χ1n) is 4.62. The predicted octanol–water partition coefficient (Wildman–Crippen LogP) is 1.87. The molecule has 2 rings (SSSR count). The van der Waals surface area contributed by atoms with Crippen LogP contribution in [0.4, 0.5) is 10.2 Å². The molecule has 5 heteroatoms. The van der Waals surface area contributed by atoms with Crippen LogP contribution in [0.5, 0.6) is 5.75 Å². The summed E-state index contributed by atoms with van der Waals surface area (Å²) in [4.78, 5) is 7.78. The minimum absolute atomic E-state index is 0.200. The van der Waals surface area contributed by atoms with Gasteiger partial charge >= 0.3 is 0 Å². The topological polar surface area (TPSA) is 61.0 Å². The Labute approximate surface area is 91.9 Å². The fourth-order valence-corrected chi connectivity index (χ4v) is 1.36. The van der Waals surface area contributed by atoms with E-state index < -0.39 is 5.82 Å². The number of aromatic nitrogens is 2. The Bertz CT molecular complexity index is 516. The second-order valence-electron chi connectivity index (χ2n) is 3.18. The van der Waals surface area contributed by atoms with Crippen molar-refractivity contribution in [3.8, 4) is 17.0 Å². The number of methoxy groups -OCH3 is 1. The number of halogens is 1. The molecule has 0 bridgehead atoms. The maximum absolute atomic E-state index is 13.4. The van der Waals surface area contributed by atoms with E-state index in [4.69, 9.17) is 10.5 Å². The number of hydrogen-bond acceptors (Lipinski definition) is 4. The van der Waals surface area contributed by atoms with Crippen molar-refractivity contribution in [1.82, 2.24) is 9.97 Å². The van der Waals surface area contributed by atoms with Crippen LogP contribution in [0, 0.1) is 5.82 Å². The molecule has 0 aliphatic rings. The Morgan fingerprint density at radius 3 is 2.69 bits per heavy atom. The average Bonchev–Trinajstić information content (AvgIpc) is 2.29. The summed E-state index contributed by atoms with van der Waals surface area (Å²) in [5.41, 5.74) is 6.73. The van der Waals surface area contributed by atoms with E-state index in [2.05, 4.69) is 9.97 Å². The van der Waals surface area contributed by atoms with Gasteiger partial charge in [0.2, 0.25) is 0 Å². The zero-order valence-corrected chi connectivity index (χ0v) is 8.64. The van der Waals surface area contributed by atoms with Gasteiger partial charge in [0.15, 0.2) is 11.6 Å². The lowest BCUT2D eigenvalue weighted by molar-refractivity contribution is 0.386. The molecule has 0 saturated heterocycles. The summed E-state index contributed by atoms with van der Waals surface area (Å²) in [6.45, 7) is 0. The van der Waals surface area contributed by atoms with Crippen LogP contribution in [-0.4, -0.2) is 17.1 Å². The molecule has 0 atom stereocenters. The molecule has 1 aromatic carbocycles. The summed E-state index contributed by atoms with van der Waals surface area (Å²) < 4.78 is 18.3. The lowest BCUT2D eigenvalue weighted by Gasteiger charge is -2.04. The number of nitrogens with two attached hydrogens (primary N) is 1. The number of hydrogen-bond donors (Lipinski definition) is 1. The molecule has 0 spiro atoms. The van der Waals surface area contributed by atoms with Crippen LogP contribution < -0.4 is 10.5 Å². The van der Waals surface area contributed by atoms with Gasteiger partial charge in [-0.25, -0.2) is 14.4 Å². The maximum Gasteiger partial charge on any atom is 0.165 e. The minimum atomic E-state index is -0.433. The molecule has 0 aliphatic heterocycles. The third kappa shape index (κ3) is 1.93. The van der Waals surface area contributed by atoms with Crippen molar-refractivity contribution < 1.29 is 9.13 Å². The Kier molecular flexibility index (Phi) is 2.68. The summed E-state index contributed by atoms with van der Waals surface area (Å²) in [5.74, 6) is 0.115. The normalized spacial score (nSPS) is 10.1. The molecule has 0 aliphatic carbocycles. The largest absolute Gasteiger partial charge is 0.494 e. The van der Waals surface area contributed by atoms with Crippen molar-refractivity contribution in [3.05, 3.63) is 36.4 Å². The molecule has 0 unspecified atom stereocenters. The molecule has 2 aromatic rings. The highest BCUT2D eigenvalue weighted by molar-refractivity contribution is 5.62. The van der Waals surface area contributed by atoms with Crippen LogP contribution >= 0.6 is 0 Å². The second-order valence-corrected chi connectivity index (χ2v) is 3.18. The molecular weight excluding hydrogens is 209 g/mol. The van der Waals surface area contributed by atoms with Gasteiger partial charge in [-0.1, -0.05) is 0 Å². The number of anilines is 1. The molecule has 0 amide bonds. The van der Waals surface area contributed by atoms with Gasteiger partial charge in [0.1, 0.15) is 12.1 Å². The Morgan fingerprint density at radius 1 is 1.25 bits per heavy atom. The van der Waals surface area contributed by atoms with Gasteiger partial charge in [0, 0.05) is 11.6 Å². The number of nitrogen functional groups attached to an aromatic ring is 1. The number of rotatable bonds is 2. The lowest BCUT2D eigenvalue weighted by atomic mass is 10.1. The molecular formula is C11H10FN3O. The molecule has 1 aromatic heterocycles. The quantitative estimate of drug-likeness (QED) is 0.837. The van der Waals surface area contributed by atoms with Crippen LogP contribution in [0.1, 0.15) is 0 Å². The third-order valence-electron chi connectivity index (χ3n) is 2.14. The Hall–Kier alpha value is -2.17. The number of ether oxygens (including phenoxy) is 1. The molecule has 2 N–H and O–H groups in total. The first-order valence-corrected chi connectivity index (χ1v) is 4.62. The first kappa shape index (κ1) is 10.4. The van der Waals surface area contributed by atoms with Gasteiger partial charge in [-0.05, 0) is 18.2 Å².